The van der Waals surface area contributed by atoms with Crippen molar-refractivity contribution in [3.8, 4) is 11.5 Å². The van der Waals surface area contributed by atoms with Crippen LogP contribution in [0.4, 0.5) is 0 Å². The lowest BCUT2D eigenvalue weighted by molar-refractivity contribution is 0.171. The highest BCUT2D eigenvalue weighted by molar-refractivity contribution is 7.89. The number of hydrogen-bond donors (Lipinski definition) is 2. The summed E-state index contributed by atoms with van der Waals surface area (Å²) in [5.74, 6) is 1.57. The third kappa shape index (κ3) is 4.13. The largest absolute Gasteiger partial charge is 0.486 e. The van der Waals surface area contributed by atoms with Crippen molar-refractivity contribution in [1.29, 1.82) is 0 Å². The number of fused-ring (bicyclic) bond motifs is 1. The van der Waals surface area contributed by atoms with Gasteiger partial charge >= 0.3 is 0 Å². The Morgan fingerprint density at radius 1 is 1.16 bits per heavy atom. The van der Waals surface area contributed by atoms with Crippen molar-refractivity contribution in [2.24, 2.45) is 0 Å². The van der Waals surface area contributed by atoms with E-state index in [-0.39, 0.29) is 4.90 Å². The second kappa shape index (κ2) is 7.45. The van der Waals surface area contributed by atoms with Crippen LogP contribution in [0.25, 0.3) is 0 Å². The molecule has 0 amide bonds. The Balaban J connectivity index is 1.47. The van der Waals surface area contributed by atoms with E-state index >= 15 is 0 Å². The second-order valence-corrected chi connectivity index (χ2v) is 7.80. The summed E-state index contributed by atoms with van der Waals surface area (Å²) in [4.78, 5) is 0.249. The Hall–Kier alpha value is -2.06. The van der Waals surface area contributed by atoms with Gasteiger partial charge in [-0.05, 0) is 50.8 Å². The first-order valence-electron chi connectivity index (χ1n) is 8.37. The van der Waals surface area contributed by atoms with E-state index in [4.69, 9.17) is 9.47 Å². The molecule has 0 bridgehead atoms. The van der Waals surface area contributed by atoms with Crippen LogP contribution in [-0.2, 0) is 16.4 Å². The number of ether oxygens (including phenoxy) is 2. The molecule has 0 aliphatic carbocycles. The molecule has 0 radical (unpaired) electrons. The summed E-state index contributed by atoms with van der Waals surface area (Å²) in [6.45, 7) is 4.94. The highest BCUT2D eigenvalue weighted by atomic mass is 32.2. The van der Waals surface area contributed by atoms with Gasteiger partial charge in [-0.15, -0.1) is 0 Å². The van der Waals surface area contributed by atoms with Crippen molar-refractivity contribution >= 4 is 10.0 Å². The molecule has 2 aromatic rings. The average molecular weight is 365 g/mol. The zero-order chi connectivity index (χ0) is 17.9. The summed E-state index contributed by atoms with van der Waals surface area (Å²) in [7, 11) is -3.52. The van der Waals surface area contributed by atoms with Crippen LogP contribution in [0.15, 0.2) is 23.1 Å². The maximum absolute atomic E-state index is 12.3. The van der Waals surface area contributed by atoms with Crippen LogP contribution in [-0.4, -0.2) is 38.4 Å². The SMILES string of the molecule is Cc1n[nH]c(C)c1S(=O)(=O)NCCCCc1ccc2c(c1)OCCO2. The molecule has 8 heteroatoms. The molecule has 2 heterocycles. The Kier molecular flexibility index (Phi) is 5.29. The smallest absolute Gasteiger partial charge is 0.244 e. The molecule has 7 nitrogen and oxygen atoms in total. The lowest BCUT2D eigenvalue weighted by Crippen LogP contribution is -2.25. The fourth-order valence-electron chi connectivity index (χ4n) is 2.91. The van der Waals surface area contributed by atoms with E-state index in [0.29, 0.717) is 31.1 Å². The van der Waals surface area contributed by atoms with E-state index in [2.05, 4.69) is 14.9 Å². The van der Waals surface area contributed by atoms with Gasteiger partial charge in [0.2, 0.25) is 10.0 Å². The first-order valence-corrected chi connectivity index (χ1v) is 9.85. The van der Waals surface area contributed by atoms with E-state index < -0.39 is 10.0 Å². The molecule has 136 valence electrons. The minimum Gasteiger partial charge on any atom is -0.486 e. The number of nitrogens with zero attached hydrogens (tertiary/aromatic N) is 1. The molecular weight excluding hydrogens is 342 g/mol. The third-order valence-electron chi connectivity index (χ3n) is 4.12. The van der Waals surface area contributed by atoms with Crippen molar-refractivity contribution in [1.82, 2.24) is 14.9 Å². The summed E-state index contributed by atoms with van der Waals surface area (Å²) < 4.78 is 38.4. The molecule has 0 unspecified atom stereocenters. The topological polar surface area (TPSA) is 93.3 Å². The monoisotopic (exact) mass is 365 g/mol. The molecule has 0 saturated carbocycles. The van der Waals surface area contributed by atoms with E-state index in [0.717, 1.165) is 36.3 Å². The molecule has 1 aliphatic heterocycles. The van der Waals surface area contributed by atoms with Gasteiger partial charge in [0.05, 0.1) is 11.4 Å². The Morgan fingerprint density at radius 2 is 1.92 bits per heavy atom. The molecular formula is C17H23N3O4S. The molecule has 1 aromatic heterocycles. The van der Waals surface area contributed by atoms with Gasteiger partial charge in [-0.1, -0.05) is 6.07 Å². The zero-order valence-electron chi connectivity index (χ0n) is 14.5. The molecule has 2 N–H and O–H groups in total. The van der Waals surface area contributed by atoms with E-state index in [9.17, 15) is 8.42 Å². The Morgan fingerprint density at radius 3 is 2.64 bits per heavy atom. The van der Waals surface area contributed by atoms with Crippen LogP contribution >= 0.6 is 0 Å². The van der Waals surface area contributed by atoms with Gasteiger partial charge in [-0.2, -0.15) is 5.10 Å². The summed E-state index contributed by atoms with van der Waals surface area (Å²) in [5, 5.41) is 6.64. The van der Waals surface area contributed by atoms with Gasteiger partial charge in [0.1, 0.15) is 18.1 Å². The number of benzene rings is 1. The Labute approximate surface area is 147 Å². The number of hydrogen-bond acceptors (Lipinski definition) is 5. The normalized spacial score (nSPS) is 13.8. The van der Waals surface area contributed by atoms with E-state index in [1.807, 2.05) is 18.2 Å². The van der Waals surface area contributed by atoms with Crippen LogP contribution in [0.1, 0.15) is 29.8 Å². The van der Waals surface area contributed by atoms with Crippen LogP contribution in [0.2, 0.25) is 0 Å². The highest BCUT2D eigenvalue weighted by Gasteiger charge is 2.21. The molecule has 0 spiro atoms. The standard InChI is InChI=1S/C17H23N3O4S/c1-12-17(13(2)20-19-12)25(21,22)18-8-4-3-5-14-6-7-15-16(11-14)24-10-9-23-15/h6-7,11,18H,3-5,8-10H2,1-2H3,(H,19,20). The first kappa shape index (κ1) is 17.8. The summed E-state index contributed by atoms with van der Waals surface area (Å²) in [6.07, 6.45) is 2.50. The fraction of sp³-hybridized carbons (Fsp3) is 0.471. The van der Waals surface area contributed by atoms with Crippen LogP contribution in [0.5, 0.6) is 11.5 Å². The molecule has 1 aromatic carbocycles. The van der Waals surface area contributed by atoms with Crippen LogP contribution in [0, 0.1) is 13.8 Å². The minimum atomic E-state index is -3.52. The number of nitrogens with one attached hydrogen (secondary N) is 2. The molecule has 0 atom stereocenters. The van der Waals surface area contributed by atoms with Crippen molar-refractivity contribution in [3.63, 3.8) is 0 Å². The van der Waals surface area contributed by atoms with Gasteiger partial charge in [-0.3, -0.25) is 5.10 Å². The molecule has 0 saturated heterocycles. The van der Waals surface area contributed by atoms with Gasteiger partial charge in [-0.25, -0.2) is 13.1 Å². The zero-order valence-corrected chi connectivity index (χ0v) is 15.3. The quantitative estimate of drug-likeness (QED) is 0.733. The highest BCUT2D eigenvalue weighted by Crippen LogP contribution is 2.31. The van der Waals surface area contributed by atoms with Crippen molar-refractivity contribution < 1.29 is 17.9 Å². The number of aryl methyl sites for hydroxylation is 3. The second-order valence-electron chi connectivity index (χ2n) is 6.10. The molecule has 0 fully saturated rings. The fourth-order valence-corrected chi connectivity index (χ4v) is 4.35. The van der Waals surface area contributed by atoms with Gasteiger partial charge in [0.15, 0.2) is 11.5 Å². The maximum atomic E-state index is 12.3. The van der Waals surface area contributed by atoms with Gasteiger partial charge in [0, 0.05) is 6.54 Å². The first-order chi connectivity index (χ1) is 12.0. The average Bonchev–Trinajstić information content (AvgIpc) is 2.93. The molecule has 25 heavy (non-hydrogen) atoms. The lowest BCUT2D eigenvalue weighted by Gasteiger charge is -2.18. The lowest BCUT2D eigenvalue weighted by atomic mass is 10.1. The summed E-state index contributed by atoms with van der Waals surface area (Å²) in [5.41, 5.74) is 2.20. The number of unbranched alkanes of at least 4 members (excludes halogenated alkanes) is 1. The van der Waals surface area contributed by atoms with Crippen molar-refractivity contribution in [2.75, 3.05) is 19.8 Å². The van der Waals surface area contributed by atoms with Gasteiger partial charge in [0.25, 0.3) is 0 Å². The number of H-pyrrole nitrogens is 1. The maximum Gasteiger partial charge on any atom is 0.244 e. The number of aromatic nitrogens is 2. The third-order valence-corrected chi connectivity index (χ3v) is 5.84. The van der Waals surface area contributed by atoms with Crippen molar-refractivity contribution in [3.05, 3.63) is 35.2 Å². The number of aromatic amines is 1. The van der Waals surface area contributed by atoms with Crippen LogP contribution in [0.3, 0.4) is 0 Å². The van der Waals surface area contributed by atoms with E-state index in [1.54, 1.807) is 13.8 Å². The predicted octanol–water partition coefficient (Wildman–Crippen LogP) is 2.10. The van der Waals surface area contributed by atoms with Crippen molar-refractivity contribution in [2.45, 2.75) is 38.0 Å². The van der Waals surface area contributed by atoms with Gasteiger partial charge < -0.3 is 9.47 Å². The molecule has 1 aliphatic rings. The minimum absolute atomic E-state index is 0.249. The number of sulfonamides is 1. The molecule has 3 rings (SSSR count). The summed E-state index contributed by atoms with van der Waals surface area (Å²) >= 11 is 0. The number of rotatable bonds is 7. The van der Waals surface area contributed by atoms with Crippen LogP contribution < -0.4 is 14.2 Å². The predicted molar refractivity (Wildman–Crippen MR) is 93.6 cm³/mol. The Bertz CT molecular complexity index is 826. The van der Waals surface area contributed by atoms with E-state index in [1.165, 1.54) is 0 Å². The summed E-state index contributed by atoms with van der Waals surface area (Å²) in [6, 6.07) is 5.95.